The fourth-order valence-electron chi connectivity index (χ4n) is 2.18. The van der Waals surface area contributed by atoms with Gasteiger partial charge in [0.15, 0.2) is 0 Å². The number of nitrogens with zero attached hydrogens (tertiary/aromatic N) is 2. The number of aromatic carboxylic acids is 1. The molecule has 1 unspecified atom stereocenters. The van der Waals surface area contributed by atoms with Crippen LogP contribution in [0.1, 0.15) is 35.8 Å². The van der Waals surface area contributed by atoms with Gasteiger partial charge in [-0.2, -0.15) is 0 Å². The summed E-state index contributed by atoms with van der Waals surface area (Å²) in [6.45, 7) is 4.90. The minimum atomic E-state index is -0.901. The largest absolute Gasteiger partial charge is 0.478 e. The SMILES string of the molecule is Cc1ccc(C(=O)O)c(N2CCCC2C)n1. The van der Waals surface area contributed by atoms with Crippen molar-refractivity contribution in [2.75, 3.05) is 11.4 Å². The molecule has 1 aliphatic rings. The molecule has 1 N–H and O–H groups in total. The maximum absolute atomic E-state index is 11.1. The Balaban J connectivity index is 2.44. The van der Waals surface area contributed by atoms with E-state index in [9.17, 15) is 4.79 Å². The first-order chi connectivity index (χ1) is 7.59. The molecule has 1 aliphatic heterocycles. The van der Waals surface area contributed by atoms with E-state index in [-0.39, 0.29) is 0 Å². The first-order valence-electron chi connectivity index (χ1n) is 5.57. The number of rotatable bonds is 2. The number of aromatic nitrogens is 1. The second kappa shape index (κ2) is 4.12. The molecule has 1 aromatic rings. The van der Waals surface area contributed by atoms with Crippen LogP contribution < -0.4 is 4.90 Å². The zero-order chi connectivity index (χ0) is 11.7. The van der Waals surface area contributed by atoms with Gasteiger partial charge in [-0.25, -0.2) is 9.78 Å². The number of carboxylic acids is 1. The van der Waals surface area contributed by atoms with Gasteiger partial charge >= 0.3 is 5.97 Å². The predicted molar refractivity (Wildman–Crippen MR) is 62.0 cm³/mol. The summed E-state index contributed by atoms with van der Waals surface area (Å²) >= 11 is 0. The maximum atomic E-state index is 11.1. The molecule has 1 aromatic heterocycles. The van der Waals surface area contributed by atoms with Crippen LogP contribution in [0.25, 0.3) is 0 Å². The minimum absolute atomic E-state index is 0.305. The lowest BCUT2D eigenvalue weighted by atomic mass is 10.2. The zero-order valence-electron chi connectivity index (χ0n) is 9.60. The highest BCUT2D eigenvalue weighted by molar-refractivity contribution is 5.93. The van der Waals surface area contributed by atoms with E-state index in [1.54, 1.807) is 12.1 Å². The molecule has 0 amide bonds. The number of carbonyl (C=O) groups is 1. The average molecular weight is 220 g/mol. The van der Waals surface area contributed by atoms with Gasteiger partial charge < -0.3 is 10.0 Å². The fourth-order valence-corrected chi connectivity index (χ4v) is 2.18. The second-order valence-corrected chi connectivity index (χ2v) is 4.31. The summed E-state index contributed by atoms with van der Waals surface area (Å²) in [6.07, 6.45) is 2.21. The van der Waals surface area contributed by atoms with Gasteiger partial charge in [-0.05, 0) is 38.8 Å². The summed E-state index contributed by atoms with van der Waals surface area (Å²) in [5, 5.41) is 9.14. The molecule has 1 saturated heterocycles. The Bertz CT molecular complexity index is 417. The van der Waals surface area contributed by atoms with Crippen molar-refractivity contribution in [2.45, 2.75) is 32.7 Å². The Hall–Kier alpha value is -1.58. The summed E-state index contributed by atoms with van der Waals surface area (Å²) in [6, 6.07) is 3.77. The number of anilines is 1. The Kier molecular flexibility index (Phi) is 2.81. The molecule has 1 fully saturated rings. The van der Waals surface area contributed by atoms with Gasteiger partial charge in [0.2, 0.25) is 0 Å². The summed E-state index contributed by atoms with van der Waals surface area (Å²) in [5.74, 6) is -0.279. The predicted octanol–water partition coefficient (Wildman–Crippen LogP) is 2.08. The molecule has 0 radical (unpaired) electrons. The third-order valence-corrected chi connectivity index (χ3v) is 3.07. The van der Waals surface area contributed by atoms with Crippen molar-refractivity contribution in [1.29, 1.82) is 0 Å². The van der Waals surface area contributed by atoms with Crippen LogP contribution in [-0.4, -0.2) is 28.6 Å². The van der Waals surface area contributed by atoms with Crippen LogP contribution in [0.15, 0.2) is 12.1 Å². The van der Waals surface area contributed by atoms with Crippen LogP contribution in [0.3, 0.4) is 0 Å². The lowest BCUT2D eigenvalue weighted by Crippen LogP contribution is -2.29. The molecule has 2 rings (SSSR count). The lowest BCUT2D eigenvalue weighted by Gasteiger charge is -2.24. The van der Waals surface area contributed by atoms with E-state index in [1.165, 1.54) is 0 Å². The van der Waals surface area contributed by atoms with Gasteiger partial charge in [-0.3, -0.25) is 0 Å². The van der Waals surface area contributed by atoms with Crippen molar-refractivity contribution < 1.29 is 9.90 Å². The molecule has 1 atom stereocenters. The summed E-state index contributed by atoms with van der Waals surface area (Å²) in [4.78, 5) is 17.6. The Morgan fingerprint density at radius 2 is 2.31 bits per heavy atom. The number of carboxylic acid groups (broad SMARTS) is 1. The smallest absolute Gasteiger partial charge is 0.339 e. The van der Waals surface area contributed by atoms with Gasteiger partial charge in [-0.15, -0.1) is 0 Å². The van der Waals surface area contributed by atoms with Gasteiger partial charge in [0, 0.05) is 18.3 Å². The summed E-state index contributed by atoms with van der Waals surface area (Å²) in [5.41, 5.74) is 1.17. The molecule has 4 nitrogen and oxygen atoms in total. The van der Waals surface area contributed by atoms with Crippen LogP contribution in [0.2, 0.25) is 0 Å². The minimum Gasteiger partial charge on any atom is -0.478 e. The highest BCUT2D eigenvalue weighted by Crippen LogP contribution is 2.27. The normalized spacial score (nSPS) is 20.1. The van der Waals surface area contributed by atoms with Crippen LogP contribution in [0.5, 0.6) is 0 Å². The average Bonchev–Trinajstić information content (AvgIpc) is 2.63. The Morgan fingerprint density at radius 1 is 1.56 bits per heavy atom. The molecular formula is C12H16N2O2. The van der Waals surface area contributed by atoms with E-state index in [4.69, 9.17) is 5.11 Å². The van der Waals surface area contributed by atoms with Crippen molar-refractivity contribution in [3.8, 4) is 0 Å². The number of pyridine rings is 1. The van der Waals surface area contributed by atoms with Crippen LogP contribution in [0.4, 0.5) is 5.82 Å². The molecule has 0 aliphatic carbocycles. The Morgan fingerprint density at radius 3 is 2.88 bits per heavy atom. The van der Waals surface area contributed by atoms with E-state index < -0.39 is 5.97 Å². The topological polar surface area (TPSA) is 53.4 Å². The van der Waals surface area contributed by atoms with Crippen LogP contribution >= 0.6 is 0 Å². The maximum Gasteiger partial charge on any atom is 0.339 e. The first kappa shape index (κ1) is 10.9. The van der Waals surface area contributed by atoms with E-state index in [0.717, 1.165) is 25.1 Å². The number of hydrogen-bond donors (Lipinski definition) is 1. The molecule has 16 heavy (non-hydrogen) atoms. The molecule has 2 heterocycles. The fraction of sp³-hybridized carbons (Fsp3) is 0.500. The highest BCUT2D eigenvalue weighted by Gasteiger charge is 2.25. The molecule has 0 aromatic carbocycles. The molecular weight excluding hydrogens is 204 g/mol. The zero-order valence-corrected chi connectivity index (χ0v) is 9.60. The van der Waals surface area contributed by atoms with Gasteiger partial charge in [0.1, 0.15) is 11.4 Å². The quantitative estimate of drug-likeness (QED) is 0.829. The molecule has 86 valence electrons. The number of hydrogen-bond acceptors (Lipinski definition) is 3. The molecule has 0 bridgehead atoms. The van der Waals surface area contributed by atoms with Crippen molar-refractivity contribution in [3.05, 3.63) is 23.4 Å². The number of aryl methyl sites for hydroxylation is 1. The van der Waals surface area contributed by atoms with Crippen LogP contribution in [-0.2, 0) is 0 Å². The monoisotopic (exact) mass is 220 g/mol. The summed E-state index contributed by atoms with van der Waals surface area (Å²) in [7, 11) is 0. The van der Waals surface area contributed by atoms with Gasteiger partial charge in [0.25, 0.3) is 0 Å². The van der Waals surface area contributed by atoms with E-state index in [1.807, 2.05) is 6.92 Å². The van der Waals surface area contributed by atoms with Gasteiger partial charge in [0.05, 0.1) is 0 Å². The van der Waals surface area contributed by atoms with E-state index >= 15 is 0 Å². The van der Waals surface area contributed by atoms with Crippen molar-refractivity contribution in [3.63, 3.8) is 0 Å². The van der Waals surface area contributed by atoms with E-state index in [0.29, 0.717) is 17.4 Å². The lowest BCUT2D eigenvalue weighted by molar-refractivity contribution is 0.0697. The van der Waals surface area contributed by atoms with Crippen molar-refractivity contribution in [1.82, 2.24) is 4.98 Å². The van der Waals surface area contributed by atoms with Crippen molar-refractivity contribution >= 4 is 11.8 Å². The van der Waals surface area contributed by atoms with E-state index in [2.05, 4.69) is 16.8 Å². The standard InChI is InChI=1S/C12H16N2O2/c1-8-5-6-10(12(15)16)11(13-8)14-7-3-4-9(14)2/h5-6,9H,3-4,7H2,1-2H3,(H,15,16). The third kappa shape index (κ3) is 1.87. The third-order valence-electron chi connectivity index (χ3n) is 3.07. The highest BCUT2D eigenvalue weighted by atomic mass is 16.4. The van der Waals surface area contributed by atoms with Gasteiger partial charge in [-0.1, -0.05) is 0 Å². The molecule has 0 spiro atoms. The summed E-state index contributed by atoms with van der Waals surface area (Å²) < 4.78 is 0. The molecule has 0 saturated carbocycles. The van der Waals surface area contributed by atoms with Crippen LogP contribution in [0, 0.1) is 6.92 Å². The first-order valence-corrected chi connectivity index (χ1v) is 5.57. The Labute approximate surface area is 94.9 Å². The second-order valence-electron chi connectivity index (χ2n) is 4.31. The van der Waals surface area contributed by atoms with Crippen molar-refractivity contribution in [2.24, 2.45) is 0 Å². The molecule has 4 heteroatoms.